The van der Waals surface area contributed by atoms with E-state index < -0.39 is 25.7 Å². The summed E-state index contributed by atoms with van der Waals surface area (Å²) < 4.78 is 57.4. The van der Waals surface area contributed by atoms with Gasteiger partial charge in [-0.1, -0.05) is 23.8 Å². The van der Waals surface area contributed by atoms with Gasteiger partial charge in [0, 0.05) is 18.4 Å². The highest BCUT2D eigenvalue weighted by Gasteiger charge is 2.28. The second kappa shape index (κ2) is 9.79. The maximum atomic E-state index is 13.7. The maximum absolute atomic E-state index is 13.7. The number of benzene rings is 2. The van der Waals surface area contributed by atoms with Crippen molar-refractivity contribution < 1.29 is 25.8 Å². The van der Waals surface area contributed by atoms with E-state index in [4.69, 9.17) is 4.18 Å². The number of sulfone groups is 1. The molecule has 8 nitrogen and oxygen atoms in total. The molecule has 0 saturated carbocycles. The zero-order chi connectivity index (χ0) is 26.1. The monoisotopic (exact) mass is 516 g/mol. The number of carbonyl (C=O) groups is 1. The molecule has 10 heteroatoms. The summed E-state index contributed by atoms with van der Waals surface area (Å²) in [7, 11) is -7.79. The van der Waals surface area contributed by atoms with Crippen LogP contribution in [0.25, 0.3) is 5.57 Å². The van der Waals surface area contributed by atoms with Gasteiger partial charge in [-0.3, -0.25) is 4.79 Å². The molecule has 0 atom stereocenters. The van der Waals surface area contributed by atoms with E-state index in [9.17, 15) is 21.6 Å². The fourth-order valence-electron chi connectivity index (χ4n) is 3.69. The molecule has 1 aromatic heterocycles. The fourth-order valence-corrected chi connectivity index (χ4v) is 5.65. The molecule has 0 aliphatic carbocycles. The molecule has 0 radical (unpaired) electrons. The third-order valence-electron chi connectivity index (χ3n) is 5.75. The number of carbonyl (C=O) groups excluding carboxylic acids is 1. The van der Waals surface area contributed by atoms with Crippen molar-refractivity contribution in [2.24, 2.45) is 0 Å². The fraction of sp³-hybridized carbons (Fsp3) is 0.280. The maximum Gasteiger partial charge on any atom is 0.340 e. The standard InChI is InChI=1S/C25H28N2O6S2/c1-7-27-25(33-35(31,32)19-11-9-8-10-12-19)21(15-26-27)24(28)20-13-14-22(34(6,29)30)23(18(20)5)17(4)16(2)3/h8-15H,7H2,1-6H3. The number of nitrogens with zero attached hydrogens (tertiary/aromatic N) is 2. The predicted octanol–water partition coefficient (Wildman–Crippen LogP) is 4.43. The average Bonchev–Trinajstić information content (AvgIpc) is 3.19. The van der Waals surface area contributed by atoms with E-state index in [-0.39, 0.29) is 33.3 Å². The van der Waals surface area contributed by atoms with Crippen LogP contribution in [0.4, 0.5) is 0 Å². The van der Waals surface area contributed by atoms with Gasteiger partial charge < -0.3 is 4.18 Å². The Bertz CT molecular complexity index is 1530. The molecule has 35 heavy (non-hydrogen) atoms. The molecular weight excluding hydrogens is 488 g/mol. The van der Waals surface area contributed by atoms with E-state index >= 15 is 0 Å². The van der Waals surface area contributed by atoms with Crippen molar-refractivity contribution in [2.45, 2.75) is 51.0 Å². The topological polar surface area (TPSA) is 112 Å². The van der Waals surface area contributed by atoms with Crippen LogP contribution in [0.5, 0.6) is 5.88 Å². The summed E-state index contributed by atoms with van der Waals surface area (Å²) in [5.41, 5.74) is 2.76. The summed E-state index contributed by atoms with van der Waals surface area (Å²) >= 11 is 0. The number of ketones is 1. The van der Waals surface area contributed by atoms with Gasteiger partial charge in [-0.15, -0.1) is 0 Å². The minimum Gasteiger partial charge on any atom is -0.358 e. The second-order valence-electron chi connectivity index (χ2n) is 8.37. The number of allylic oxidation sites excluding steroid dienone is 2. The summed E-state index contributed by atoms with van der Waals surface area (Å²) in [5, 5.41) is 4.13. The van der Waals surface area contributed by atoms with E-state index in [0.29, 0.717) is 11.1 Å². The molecule has 3 aromatic rings. The van der Waals surface area contributed by atoms with Gasteiger partial charge in [-0.05, 0) is 75.6 Å². The summed E-state index contributed by atoms with van der Waals surface area (Å²) in [6, 6.07) is 10.5. The smallest absolute Gasteiger partial charge is 0.340 e. The van der Waals surface area contributed by atoms with Gasteiger partial charge >= 0.3 is 10.1 Å². The molecule has 0 spiro atoms. The summed E-state index contributed by atoms with van der Waals surface area (Å²) in [6.45, 7) is 9.21. The lowest BCUT2D eigenvalue weighted by Gasteiger charge is -2.17. The molecule has 0 bridgehead atoms. The number of hydrogen-bond donors (Lipinski definition) is 0. The van der Waals surface area contributed by atoms with Crippen molar-refractivity contribution in [3.63, 3.8) is 0 Å². The molecule has 0 aliphatic rings. The first kappa shape index (κ1) is 26.4. The van der Waals surface area contributed by atoms with Gasteiger partial charge in [0.1, 0.15) is 10.5 Å². The van der Waals surface area contributed by atoms with Gasteiger partial charge in [0.25, 0.3) is 0 Å². The minimum absolute atomic E-state index is 0.0395. The van der Waals surface area contributed by atoms with Crippen LogP contribution in [0.3, 0.4) is 0 Å². The van der Waals surface area contributed by atoms with Crippen molar-refractivity contribution in [1.29, 1.82) is 0 Å². The zero-order valence-corrected chi connectivity index (χ0v) is 22.1. The zero-order valence-electron chi connectivity index (χ0n) is 20.5. The first-order chi connectivity index (χ1) is 16.3. The van der Waals surface area contributed by atoms with Crippen LogP contribution >= 0.6 is 0 Å². The van der Waals surface area contributed by atoms with Gasteiger partial charge in [-0.25, -0.2) is 13.1 Å². The highest BCUT2D eigenvalue weighted by Crippen LogP contribution is 2.33. The van der Waals surface area contributed by atoms with E-state index in [2.05, 4.69) is 5.10 Å². The van der Waals surface area contributed by atoms with E-state index in [1.807, 2.05) is 13.8 Å². The highest BCUT2D eigenvalue weighted by molar-refractivity contribution is 7.90. The number of aromatic nitrogens is 2. The third kappa shape index (κ3) is 5.23. The van der Waals surface area contributed by atoms with Crippen molar-refractivity contribution >= 4 is 31.3 Å². The molecule has 186 valence electrons. The number of hydrogen-bond acceptors (Lipinski definition) is 7. The minimum atomic E-state index is -4.22. The Kier molecular flexibility index (Phi) is 7.37. The van der Waals surface area contributed by atoms with Crippen LogP contribution in [0.2, 0.25) is 0 Å². The Labute approximate surface area is 206 Å². The summed E-state index contributed by atoms with van der Waals surface area (Å²) in [5.74, 6) is -0.725. The van der Waals surface area contributed by atoms with Crippen molar-refractivity contribution in [2.75, 3.05) is 6.26 Å². The lowest BCUT2D eigenvalue weighted by Crippen LogP contribution is -2.16. The van der Waals surface area contributed by atoms with Crippen LogP contribution in [0.1, 0.15) is 54.7 Å². The Morgan fingerprint density at radius 3 is 2.14 bits per heavy atom. The molecule has 0 aliphatic heterocycles. The van der Waals surface area contributed by atoms with Gasteiger partial charge in [0.2, 0.25) is 5.88 Å². The van der Waals surface area contributed by atoms with E-state index in [1.54, 1.807) is 39.0 Å². The Hall–Kier alpha value is -3.24. The van der Waals surface area contributed by atoms with Crippen molar-refractivity contribution in [3.05, 3.63) is 76.5 Å². The Balaban J connectivity index is 2.19. The summed E-state index contributed by atoms with van der Waals surface area (Å²) in [4.78, 5) is 13.7. The van der Waals surface area contributed by atoms with Crippen molar-refractivity contribution in [3.8, 4) is 5.88 Å². The van der Waals surface area contributed by atoms with Gasteiger partial charge in [0.05, 0.1) is 11.1 Å². The number of aryl methyl sites for hydroxylation is 1. The Morgan fingerprint density at radius 2 is 1.60 bits per heavy atom. The van der Waals surface area contributed by atoms with Crippen LogP contribution < -0.4 is 4.18 Å². The molecule has 0 saturated heterocycles. The molecule has 0 N–H and O–H groups in total. The van der Waals surface area contributed by atoms with E-state index in [0.717, 1.165) is 17.4 Å². The average molecular weight is 517 g/mol. The SMILES string of the molecule is CCn1ncc(C(=O)c2ccc(S(C)(=O)=O)c(C(C)=C(C)C)c2C)c1OS(=O)(=O)c1ccccc1. The molecule has 1 heterocycles. The first-order valence-corrected chi connectivity index (χ1v) is 14.2. The Morgan fingerprint density at radius 1 is 0.971 bits per heavy atom. The summed E-state index contributed by atoms with van der Waals surface area (Å²) in [6.07, 6.45) is 2.38. The lowest BCUT2D eigenvalue weighted by atomic mass is 9.91. The first-order valence-electron chi connectivity index (χ1n) is 10.9. The third-order valence-corrected chi connectivity index (χ3v) is 8.12. The molecule has 0 unspecified atom stereocenters. The normalized spacial score (nSPS) is 11.8. The van der Waals surface area contributed by atoms with Crippen LogP contribution in [0, 0.1) is 6.92 Å². The van der Waals surface area contributed by atoms with Crippen LogP contribution in [0.15, 0.2) is 64.0 Å². The number of rotatable bonds is 8. The molecule has 0 amide bonds. The van der Waals surface area contributed by atoms with Gasteiger partial charge in [0.15, 0.2) is 15.6 Å². The molecule has 2 aromatic carbocycles. The predicted molar refractivity (Wildman–Crippen MR) is 134 cm³/mol. The molecule has 3 rings (SSSR count). The second-order valence-corrected chi connectivity index (χ2v) is 11.9. The lowest BCUT2D eigenvalue weighted by molar-refractivity contribution is 0.103. The molecule has 0 fully saturated rings. The quantitative estimate of drug-likeness (QED) is 0.322. The van der Waals surface area contributed by atoms with Crippen molar-refractivity contribution in [1.82, 2.24) is 9.78 Å². The van der Waals surface area contributed by atoms with Crippen LogP contribution in [-0.2, 0) is 26.5 Å². The molecular formula is C25H28N2O6S2. The largest absolute Gasteiger partial charge is 0.358 e. The van der Waals surface area contributed by atoms with E-state index in [1.165, 1.54) is 35.1 Å². The van der Waals surface area contributed by atoms with Gasteiger partial charge in [-0.2, -0.15) is 13.5 Å². The van der Waals surface area contributed by atoms with Crippen LogP contribution in [-0.4, -0.2) is 38.7 Å². The highest BCUT2D eigenvalue weighted by atomic mass is 32.2.